The molecule has 0 aromatic heterocycles. The highest BCUT2D eigenvalue weighted by atomic mass is 32.2. The summed E-state index contributed by atoms with van der Waals surface area (Å²) in [6.45, 7) is 0. The van der Waals surface area contributed by atoms with Crippen LogP contribution in [0.1, 0.15) is 5.56 Å². The third-order valence-corrected chi connectivity index (χ3v) is 3.28. The molecule has 1 aromatic carbocycles. The zero-order chi connectivity index (χ0) is 13.9. The summed E-state index contributed by atoms with van der Waals surface area (Å²) in [5, 5.41) is 0. The number of thiocarbonyl (C=S) groups is 1. The fraction of sp³-hybridized carbons (Fsp3) is 0.273. The lowest BCUT2D eigenvalue weighted by molar-refractivity contribution is -0.115. The molecule has 0 spiro atoms. The van der Waals surface area contributed by atoms with E-state index in [1.54, 1.807) is 24.3 Å². The average Bonchev–Trinajstić information content (AvgIpc) is 2.26. The van der Waals surface area contributed by atoms with E-state index in [0.29, 0.717) is 11.3 Å². The molecule has 0 bridgehead atoms. The van der Waals surface area contributed by atoms with Crippen LogP contribution in [0.4, 0.5) is 5.69 Å². The molecule has 1 amide bonds. The molecule has 0 heterocycles. The summed E-state index contributed by atoms with van der Waals surface area (Å²) in [5.74, 6) is -1.03. The van der Waals surface area contributed by atoms with Crippen LogP contribution < -0.4 is 10.6 Å². The molecule has 0 aliphatic heterocycles. The monoisotopic (exact) mass is 286 g/mol. The van der Waals surface area contributed by atoms with Crippen molar-refractivity contribution in [3.8, 4) is 0 Å². The van der Waals surface area contributed by atoms with Crippen LogP contribution in [0.25, 0.3) is 0 Å². The van der Waals surface area contributed by atoms with Crippen LogP contribution in [0, 0.1) is 0 Å². The SMILES string of the molecule is CN(C(=O)CS(C)(=O)=O)c1cccc(C(N)=S)c1. The number of nitrogens with zero attached hydrogens (tertiary/aromatic N) is 1. The minimum Gasteiger partial charge on any atom is -0.389 e. The molecule has 1 rings (SSSR count). The molecule has 98 valence electrons. The van der Waals surface area contributed by atoms with Gasteiger partial charge in [-0.05, 0) is 12.1 Å². The van der Waals surface area contributed by atoms with E-state index in [2.05, 4.69) is 0 Å². The van der Waals surface area contributed by atoms with Gasteiger partial charge in [-0.25, -0.2) is 8.42 Å². The molecule has 0 aliphatic carbocycles. The smallest absolute Gasteiger partial charge is 0.241 e. The molecule has 0 atom stereocenters. The van der Waals surface area contributed by atoms with Crippen molar-refractivity contribution in [3.05, 3.63) is 29.8 Å². The fourth-order valence-electron chi connectivity index (χ4n) is 1.33. The van der Waals surface area contributed by atoms with Crippen molar-refractivity contribution >= 4 is 38.6 Å². The van der Waals surface area contributed by atoms with Crippen molar-refractivity contribution in [2.24, 2.45) is 5.73 Å². The van der Waals surface area contributed by atoms with Gasteiger partial charge in [-0.3, -0.25) is 4.79 Å². The van der Waals surface area contributed by atoms with E-state index in [9.17, 15) is 13.2 Å². The van der Waals surface area contributed by atoms with Crippen LogP contribution >= 0.6 is 12.2 Å². The van der Waals surface area contributed by atoms with Crippen LogP contribution in [-0.2, 0) is 14.6 Å². The fourth-order valence-corrected chi connectivity index (χ4v) is 2.10. The second-order valence-electron chi connectivity index (χ2n) is 3.94. The maximum absolute atomic E-state index is 11.7. The summed E-state index contributed by atoms with van der Waals surface area (Å²) < 4.78 is 22.1. The Morgan fingerprint density at radius 1 is 1.44 bits per heavy atom. The number of benzene rings is 1. The van der Waals surface area contributed by atoms with E-state index in [4.69, 9.17) is 18.0 Å². The summed E-state index contributed by atoms with van der Waals surface area (Å²) in [4.78, 5) is 13.2. The number of hydrogen-bond acceptors (Lipinski definition) is 4. The van der Waals surface area contributed by atoms with Gasteiger partial charge in [0.15, 0.2) is 9.84 Å². The molecule has 0 saturated carbocycles. The molecular formula is C11H14N2O3S2. The van der Waals surface area contributed by atoms with Gasteiger partial charge in [-0.2, -0.15) is 0 Å². The second kappa shape index (κ2) is 5.45. The Balaban J connectivity index is 2.97. The molecular weight excluding hydrogens is 272 g/mol. The highest BCUT2D eigenvalue weighted by Gasteiger charge is 2.16. The summed E-state index contributed by atoms with van der Waals surface area (Å²) >= 11 is 4.84. The van der Waals surface area contributed by atoms with E-state index in [0.717, 1.165) is 6.26 Å². The predicted octanol–water partition coefficient (Wildman–Crippen LogP) is 0.328. The molecule has 0 aliphatic rings. The van der Waals surface area contributed by atoms with Gasteiger partial charge in [0.25, 0.3) is 0 Å². The molecule has 2 N–H and O–H groups in total. The minimum absolute atomic E-state index is 0.223. The van der Waals surface area contributed by atoms with Crippen molar-refractivity contribution < 1.29 is 13.2 Å². The molecule has 1 aromatic rings. The van der Waals surface area contributed by atoms with E-state index in [-0.39, 0.29) is 4.99 Å². The van der Waals surface area contributed by atoms with Crippen LogP contribution in [0.5, 0.6) is 0 Å². The first-order chi connectivity index (χ1) is 8.20. The third kappa shape index (κ3) is 4.08. The van der Waals surface area contributed by atoms with Gasteiger partial charge in [0.05, 0.1) is 0 Å². The van der Waals surface area contributed by atoms with Gasteiger partial charge in [-0.15, -0.1) is 0 Å². The number of rotatable bonds is 4. The zero-order valence-electron chi connectivity index (χ0n) is 10.1. The van der Waals surface area contributed by atoms with Crippen LogP contribution in [-0.4, -0.2) is 38.4 Å². The van der Waals surface area contributed by atoms with Crippen molar-refractivity contribution in [2.45, 2.75) is 0 Å². The Kier molecular flexibility index (Phi) is 4.42. The van der Waals surface area contributed by atoms with Crippen molar-refractivity contribution in [1.82, 2.24) is 0 Å². The van der Waals surface area contributed by atoms with E-state index in [1.165, 1.54) is 11.9 Å². The Morgan fingerprint density at radius 2 is 2.06 bits per heavy atom. The predicted molar refractivity (Wildman–Crippen MR) is 75.5 cm³/mol. The molecule has 0 fully saturated rings. The highest BCUT2D eigenvalue weighted by Crippen LogP contribution is 2.15. The first kappa shape index (κ1) is 14.6. The Morgan fingerprint density at radius 3 is 2.56 bits per heavy atom. The first-order valence-corrected chi connectivity index (χ1v) is 7.52. The maximum Gasteiger partial charge on any atom is 0.241 e. The molecule has 7 heteroatoms. The standard InChI is InChI=1S/C11H14N2O3S2/c1-13(10(14)7-18(2,15)16)9-5-3-4-8(6-9)11(12)17/h3-6H,7H2,1-2H3,(H2,12,17). The van der Waals surface area contributed by atoms with Crippen molar-refractivity contribution in [2.75, 3.05) is 24.0 Å². The maximum atomic E-state index is 11.7. The summed E-state index contributed by atoms with van der Waals surface area (Å²) in [7, 11) is -1.84. The number of sulfone groups is 1. The third-order valence-electron chi connectivity index (χ3n) is 2.28. The Hall–Kier alpha value is -1.47. The molecule has 0 unspecified atom stereocenters. The topological polar surface area (TPSA) is 80.5 Å². The second-order valence-corrected chi connectivity index (χ2v) is 6.52. The summed E-state index contributed by atoms with van der Waals surface area (Å²) in [6, 6.07) is 6.75. The van der Waals surface area contributed by atoms with E-state index < -0.39 is 21.5 Å². The van der Waals surface area contributed by atoms with Gasteiger partial charge in [0.1, 0.15) is 10.7 Å². The summed E-state index contributed by atoms with van der Waals surface area (Å²) in [6.07, 6.45) is 1.02. The van der Waals surface area contributed by atoms with Crippen LogP contribution in [0.3, 0.4) is 0 Å². The number of anilines is 1. The quantitative estimate of drug-likeness (QED) is 0.807. The van der Waals surface area contributed by atoms with E-state index >= 15 is 0 Å². The van der Waals surface area contributed by atoms with Gasteiger partial charge in [0.2, 0.25) is 5.91 Å². The zero-order valence-corrected chi connectivity index (χ0v) is 11.7. The Bertz CT molecular complexity index is 582. The number of amides is 1. The Labute approximate surface area is 112 Å². The van der Waals surface area contributed by atoms with Crippen LogP contribution in [0.15, 0.2) is 24.3 Å². The summed E-state index contributed by atoms with van der Waals surface area (Å²) in [5.41, 5.74) is 6.67. The molecule has 0 radical (unpaired) electrons. The normalized spacial score (nSPS) is 11.0. The minimum atomic E-state index is -3.34. The van der Waals surface area contributed by atoms with Gasteiger partial charge < -0.3 is 10.6 Å². The number of carbonyl (C=O) groups is 1. The van der Waals surface area contributed by atoms with Gasteiger partial charge in [-0.1, -0.05) is 24.4 Å². The molecule has 5 nitrogen and oxygen atoms in total. The number of hydrogen-bond donors (Lipinski definition) is 1. The average molecular weight is 286 g/mol. The van der Waals surface area contributed by atoms with Crippen molar-refractivity contribution in [1.29, 1.82) is 0 Å². The van der Waals surface area contributed by atoms with Crippen molar-refractivity contribution in [3.63, 3.8) is 0 Å². The molecule has 0 saturated heterocycles. The highest BCUT2D eigenvalue weighted by molar-refractivity contribution is 7.91. The largest absolute Gasteiger partial charge is 0.389 e. The van der Waals surface area contributed by atoms with Gasteiger partial charge >= 0.3 is 0 Å². The number of nitrogens with two attached hydrogens (primary N) is 1. The lowest BCUT2D eigenvalue weighted by Crippen LogP contribution is -2.32. The lowest BCUT2D eigenvalue weighted by atomic mass is 10.2. The van der Waals surface area contributed by atoms with Crippen LogP contribution in [0.2, 0.25) is 0 Å². The van der Waals surface area contributed by atoms with Gasteiger partial charge in [0, 0.05) is 24.6 Å². The molecule has 18 heavy (non-hydrogen) atoms. The number of carbonyl (C=O) groups excluding carboxylic acids is 1. The lowest BCUT2D eigenvalue weighted by Gasteiger charge is -2.17. The first-order valence-electron chi connectivity index (χ1n) is 5.05. The van der Waals surface area contributed by atoms with E-state index in [1.807, 2.05) is 0 Å².